The van der Waals surface area contributed by atoms with Gasteiger partial charge in [-0.3, -0.25) is 4.79 Å². The van der Waals surface area contributed by atoms with Crippen LogP contribution in [0.4, 0.5) is 5.69 Å². The predicted octanol–water partition coefficient (Wildman–Crippen LogP) is 0.677. The van der Waals surface area contributed by atoms with E-state index in [9.17, 15) is 13.2 Å². The van der Waals surface area contributed by atoms with Crippen LogP contribution in [0.25, 0.3) is 0 Å². The molecule has 2 N–H and O–H groups in total. The number of carbonyl (C=O) groups excluding carboxylic acids is 1. The van der Waals surface area contributed by atoms with Crippen molar-refractivity contribution in [2.45, 2.75) is 23.8 Å². The number of sulfonamides is 1. The summed E-state index contributed by atoms with van der Waals surface area (Å²) >= 11 is 0. The number of halogens is 1. The van der Waals surface area contributed by atoms with Crippen molar-refractivity contribution in [1.82, 2.24) is 14.9 Å². The molecular weight excluding hydrogens is 404 g/mol. The first-order chi connectivity index (χ1) is 12.9. The molecule has 3 rings (SSSR count). The minimum absolute atomic E-state index is 0. The molecule has 2 heterocycles. The summed E-state index contributed by atoms with van der Waals surface area (Å²) in [6.45, 7) is 4.21. The highest BCUT2D eigenvalue weighted by atomic mass is 35.5. The molecule has 0 radical (unpaired) electrons. The van der Waals surface area contributed by atoms with Crippen LogP contribution in [0, 0.1) is 0 Å². The average Bonchev–Trinajstić information content (AvgIpc) is 2.68. The molecular formula is C18H29ClN4O4S. The Kier molecular flexibility index (Phi) is 8.08. The Hall–Kier alpha value is -1.39. The van der Waals surface area contributed by atoms with Gasteiger partial charge in [0, 0.05) is 45.5 Å². The lowest BCUT2D eigenvalue weighted by Crippen LogP contribution is -2.46. The van der Waals surface area contributed by atoms with Crippen molar-refractivity contribution in [2.24, 2.45) is 0 Å². The van der Waals surface area contributed by atoms with Crippen LogP contribution in [0.5, 0.6) is 0 Å². The van der Waals surface area contributed by atoms with Gasteiger partial charge in [0.05, 0.1) is 23.7 Å². The second-order valence-corrected chi connectivity index (χ2v) is 9.23. The highest BCUT2D eigenvalue weighted by molar-refractivity contribution is 7.89. The van der Waals surface area contributed by atoms with Gasteiger partial charge in [0.15, 0.2) is 0 Å². The molecule has 158 valence electrons. The number of nitrogens with one attached hydrogen (secondary N) is 2. The number of ether oxygens (including phenoxy) is 1. The topological polar surface area (TPSA) is 91.0 Å². The molecule has 2 aliphatic heterocycles. The first-order valence-corrected chi connectivity index (χ1v) is 10.7. The van der Waals surface area contributed by atoms with E-state index in [-0.39, 0.29) is 29.3 Å². The van der Waals surface area contributed by atoms with Gasteiger partial charge >= 0.3 is 0 Å². The summed E-state index contributed by atoms with van der Waals surface area (Å²) in [4.78, 5) is 15.2. The molecule has 2 fully saturated rings. The number of nitrogens with zero attached hydrogens (tertiary/aromatic N) is 2. The van der Waals surface area contributed by atoms with Crippen molar-refractivity contribution in [3.63, 3.8) is 0 Å². The standard InChI is InChI=1S/C18H28N4O4S.ClH/c1-21(2)27(24,25)15-5-6-17(22-8-10-26-11-9-22)16(12-15)18(23)20-14-4-3-7-19-13-14;/h5-6,12,14,19H,3-4,7-11,13H2,1-2H3,(H,20,23);1H. The van der Waals surface area contributed by atoms with Crippen LogP contribution < -0.4 is 15.5 Å². The number of piperidine rings is 1. The van der Waals surface area contributed by atoms with Crippen LogP contribution in [0.15, 0.2) is 23.1 Å². The lowest BCUT2D eigenvalue weighted by molar-refractivity contribution is 0.0929. The third-order valence-electron chi connectivity index (χ3n) is 4.98. The van der Waals surface area contributed by atoms with Crippen molar-refractivity contribution in [1.29, 1.82) is 0 Å². The van der Waals surface area contributed by atoms with Gasteiger partial charge in [-0.15, -0.1) is 12.4 Å². The normalized spacial score (nSPS) is 20.5. The van der Waals surface area contributed by atoms with Gasteiger partial charge < -0.3 is 20.3 Å². The molecule has 0 saturated carbocycles. The van der Waals surface area contributed by atoms with Crippen molar-refractivity contribution in [3.05, 3.63) is 23.8 Å². The zero-order chi connectivity index (χ0) is 19.4. The van der Waals surface area contributed by atoms with E-state index in [0.717, 1.165) is 35.9 Å². The van der Waals surface area contributed by atoms with Gasteiger partial charge in [0.25, 0.3) is 5.91 Å². The Morgan fingerprint density at radius 2 is 2.00 bits per heavy atom. The largest absolute Gasteiger partial charge is 0.378 e. The Morgan fingerprint density at radius 3 is 2.61 bits per heavy atom. The number of morpholine rings is 1. The lowest BCUT2D eigenvalue weighted by atomic mass is 10.1. The zero-order valence-electron chi connectivity index (χ0n) is 16.3. The van der Waals surface area contributed by atoms with Crippen LogP contribution in [-0.2, 0) is 14.8 Å². The van der Waals surface area contributed by atoms with Crippen molar-refractivity contribution >= 4 is 34.0 Å². The molecule has 1 atom stereocenters. The quantitative estimate of drug-likeness (QED) is 0.711. The fraction of sp³-hybridized carbons (Fsp3) is 0.611. The van der Waals surface area contributed by atoms with E-state index in [4.69, 9.17) is 4.74 Å². The first kappa shape index (κ1) is 22.9. The third-order valence-corrected chi connectivity index (χ3v) is 6.79. The lowest BCUT2D eigenvalue weighted by Gasteiger charge is -2.31. The molecule has 2 saturated heterocycles. The summed E-state index contributed by atoms with van der Waals surface area (Å²) in [5.74, 6) is -0.235. The summed E-state index contributed by atoms with van der Waals surface area (Å²) in [6.07, 6.45) is 1.93. The number of hydrogen-bond acceptors (Lipinski definition) is 6. The second-order valence-electron chi connectivity index (χ2n) is 7.08. The Bertz CT molecular complexity index is 776. The van der Waals surface area contributed by atoms with Crippen LogP contribution in [0.2, 0.25) is 0 Å². The molecule has 0 bridgehead atoms. The molecule has 0 spiro atoms. The molecule has 2 aliphatic rings. The van der Waals surface area contributed by atoms with Gasteiger partial charge in [-0.05, 0) is 37.6 Å². The van der Waals surface area contributed by atoms with Crippen molar-refractivity contribution in [3.8, 4) is 0 Å². The third kappa shape index (κ3) is 5.15. The maximum atomic E-state index is 13.0. The SMILES string of the molecule is CN(C)S(=O)(=O)c1ccc(N2CCOCC2)c(C(=O)NC2CCCNC2)c1.Cl. The highest BCUT2D eigenvalue weighted by Gasteiger charge is 2.25. The van der Waals surface area contributed by atoms with Crippen molar-refractivity contribution in [2.75, 3.05) is 58.4 Å². The minimum atomic E-state index is -3.62. The average molecular weight is 433 g/mol. The monoisotopic (exact) mass is 432 g/mol. The van der Waals surface area contributed by atoms with Crippen molar-refractivity contribution < 1.29 is 17.9 Å². The highest BCUT2D eigenvalue weighted by Crippen LogP contribution is 2.26. The maximum absolute atomic E-state index is 13.0. The molecule has 1 aromatic rings. The maximum Gasteiger partial charge on any atom is 0.253 e. The van der Waals surface area contributed by atoms with Gasteiger partial charge in [-0.2, -0.15) is 0 Å². The predicted molar refractivity (Wildman–Crippen MR) is 111 cm³/mol. The Morgan fingerprint density at radius 1 is 1.29 bits per heavy atom. The number of benzene rings is 1. The molecule has 1 unspecified atom stereocenters. The van der Waals surface area contributed by atoms with E-state index in [1.54, 1.807) is 12.1 Å². The Labute approximate surface area is 173 Å². The van der Waals surface area contributed by atoms with E-state index in [1.807, 2.05) is 0 Å². The van der Waals surface area contributed by atoms with E-state index >= 15 is 0 Å². The van der Waals surface area contributed by atoms with Crippen LogP contribution in [0.3, 0.4) is 0 Å². The molecule has 0 aliphatic carbocycles. The summed E-state index contributed by atoms with van der Waals surface area (Å²) in [5.41, 5.74) is 1.14. The molecule has 1 amide bonds. The number of hydrogen-bond donors (Lipinski definition) is 2. The smallest absolute Gasteiger partial charge is 0.253 e. The zero-order valence-corrected chi connectivity index (χ0v) is 17.9. The van der Waals surface area contributed by atoms with Crippen LogP contribution in [-0.4, -0.2) is 78.2 Å². The first-order valence-electron chi connectivity index (χ1n) is 9.30. The Balaban J connectivity index is 0.00000280. The molecule has 10 heteroatoms. The van der Waals surface area contributed by atoms with Gasteiger partial charge in [-0.1, -0.05) is 0 Å². The van der Waals surface area contributed by atoms with Gasteiger partial charge in [-0.25, -0.2) is 12.7 Å². The fourth-order valence-corrected chi connectivity index (χ4v) is 4.31. The van der Waals surface area contributed by atoms with E-state index in [0.29, 0.717) is 31.9 Å². The second kappa shape index (κ2) is 9.89. The van der Waals surface area contributed by atoms with Gasteiger partial charge in [0.1, 0.15) is 0 Å². The van der Waals surface area contributed by atoms with Crippen LogP contribution in [0.1, 0.15) is 23.2 Å². The van der Waals surface area contributed by atoms with Crippen LogP contribution >= 0.6 is 12.4 Å². The van der Waals surface area contributed by atoms with E-state index in [2.05, 4.69) is 15.5 Å². The molecule has 1 aromatic carbocycles. The molecule has 8 nitrogen and oxygen atoms in total. The summed E-state index contributed by atoms with van der Waals surface area (Å²) in [6, 6.07) is 4.85. The van der Waals surface area contributed by atoms with E-state index in [1.165, 1.54) is 20.2 Å². The minimum Gasteiger partial charge on any atom is -0.378 e. The van der Waals surface area contributed by atoms with Gasteiger partial charge in [0.2, 0.25) is 10.0 Å². The fourth-order valence-electron chi connectivity index (χ4n) is 3.39. The number of amides is 1. The summed E-state index contributed by atoms with van der Waals surface area (Å²) < 4.78 is 31.6. The molecule has 28 heavy (non-hydrogen) atoms. The number of anilines is 1. The molecule has 0 aromatic heterocycles. The summed E-state index contributed by atoms with van der Waals surface area (Å²) in [5, 5.41) is 6.33. The number of rotatable bonds is 5. The summed E-state index contributed by atoms with van der Waals surface area (Å²) in [7, 11) is -0.646. The van der Waals surface area contributed by atoms with E-state index < -0.39 is 10.0 Å². The number of carbonyl (C=O) groups is 1.